The molecule has 0 aliphatic carbocycles. The molecule has 1 aromatic carbocycles. The summed E-state index contributed by atoms with van der Waals surface area (Å²) < 4.78 is 2.01. The molecule has 20 heavy (non-hydrogen) atoms. The average Bonchev–Trinajstić information content (AvgIpc) is 2.88. The van der Waals surface area contributed by atoms with Gasteiger partial charge in [0.2, 0.25) is 0 Å². The lowest BCUT2D eigenvalue weighted by atomic mass is 10.1. The van der Waals surface area contributed by atoms with Gasteiger partial charge in [-0.05, 0) is 30.5 Å². The zero-order valence-corrected chi connectivity index (χ0v) is 11.7. The topological polar surface area (TPSA) is 74.1 Å². The molecule has 0 saturated heterocycles. The molecule has 1 heterocycles. The van der Waals surface area contributed by atoms with Gasteiger partial charge in [-0.3, -0.25) is 10.1 Å². The summed E-state index contributed by atoms with van der Waals surface area (Å²) in [5.41, 5.74) is 8.92. The molecule has 0 aliphatic heterocycles. The summed E-state index contributed by atoms with van der Waals surface area (Å²) in [6, 6.07) is 7.22. The third-order valence-corrected chi connectivity index (χ3v) is 3.61. The van der Waals surface area contributed by atoms with E-state index in [1.807, 2.05) is 36.0 Å². The fourth-order valence-corrected chi connectivity index (χ4v) is 2.25. The number of hydrogen-bond donors (Lipinski definition) is 1. The van der Waals surface area contributed by atoms with Crippen molar-refractivity contribution in [3.05, 3.63) is 63.5 Å². The molecule has 5 nitrogen and oxygen atoms in total. The lowest BCUT2D eigenvalue weighted by molar-refractivity contribution is -0.385. The Kier molecular flexibility index (Phi) is 4.20. The van der Waals surface area contributed by atoms with Crippen molar-refractivity contribution in [1.29, 1.82) is 0 Å². The molecule has 0 fully saturated rings. The minimum atomic E-state index is -0.340. The largest absolute Gasteiger partial charge is 0.350 e. The summed E-state index contributed by atoms with van der Waals surface area (Å²) in [5.74, 6) is 0. The number of aromatic nitrogens is 1. The van der Waals surface area contributed by atoms with Crippen LogP contribution in [0.4, 0.5) is 5.69 Å². The number of benzene rings is 1. The van der Waals surface area contributed by atoms with Crippen molar-refractivity contribution in [1.82, 2.24) is 4.57 Å². The molecule has 1 atom stereocenters. The molecule has 0 amide bonds. The molecule has 106 valence electrons. The minimum Gasteiger partial charge on any atom is -0.350 e. The Labute approximate surface area is 118 Å². The number of hydrogen-bond acceptors (Lipinski definition) is 3. The zero-order chi connectivity index (χ0) is 14.7. The Balaban J connectivity index is 2.24. The van der Waals surface area contributed by atoms with Crippen molar-refractivity contribution in [2.45, 2.75) is 32.9 Å². The van der Waals surface area contributed by atoms with Crippen LogP contribution < -0.4 is 5.73 Å². The second kappa shape index (κ2) is 5.88. The Bertz CT molecular complexity index is 619. The highest BCUT2D eigenvalue weighted by molar-refractivity contribution is 5.44. The van der Waals surface area contributed by atoms with E-state index >= 15 is 0 Å². The molecule has 5 heteroatoms. The van der Waals surface area contributed by atoms with Gasteiger partial charge in [-0.2, -0.15) is 0 Å². The van der Waals surface area contributed by atoms with E-state index in [9.17, 15) is 10.1 Å². The van der Waals surface area contributed by atoms with E-state index in [1.165, 1.54) is 6.07 Å². The zero-order valence-electron chi connectivity index (χ0n) is 11.7. The summed E-state index contributed by atoms with van der Waals surface area (Å²) in [5, 5.41) is 10.9. The van der Waals surface area contributed by atoms with Crippen LogP contribution in [0.15, 0.2) is 36.7 Å². The Hall–Kier alpha value is -2.14. The quantitative estimate of drug-likeness (QED) is 0.671. The van der Waals surface area contributed by atoms with Crippen molar-refractivity contribution < 1.29 is 4.92 Å². The number of rotatable bonds is 5. The number of nitrogens with zero attached hydrogens (tertiary/aromatic N) is 2. The van der Waals surface area contributed by atoms with Crippen molar-refractivity contribution in [3.63, 3.8) is 0 Å². The van der Waals surface area contributed by atoms with Gasteiger partial charge in [0.05, 0.1) is 4.92 Å². The number of nitrogens with two attached hydrogens (primary N) is 1. The van der Waals surface area contributed by atoms with Crippen LogP contribution in [0.1, 0.15) is 36.1 Å². The standard InChI is InChI=1S/C15H19N3O2/c1-3-14(16)13-7-8-17(10-13)9-12-5-4-6-15(11(12)2)18(19)20/h4-8,10,14H,3,9,16H2,1-2H3. The maximum absolute atomic E-state index is 10.9. The molecule has 0 spiro atoms. The van der Waals surface area contributed by atoms with E-state index < -0.39 is 0 Å². The first-order valence-electron chi connectivity index (χ1n) is 6.67. The molecule has 1 unspecified atom stereocenters. The monoisotopic (exact) mass is 273 g/mol. The summed E-state index contributed by atoms with van der Waals surface area (Å²) in [7, 11) is 0. The highest BCUT2D eigenvalue weighted by Crippen LogP contribution is 2.22. The second-order valence-corrected chi connectivity index (χ2v) is 4.95. The molecule has 0 radical (unpaired) electrons. The summed E-state index contributed by atoms with van der Waals surface area (Å²) >= 11 is 0. The average molecular weight is 273 g/mol. The summed E-state index contributed by atoms with van der Waals surface area (Å²) in [6.07, 6.45) is 4.86. The van der Waals surface area contributed by atoms with Gasteiger partial charge < -0.3 is 10.3 Å². The van der Waals surface area contributed by atoms with Gasteiger partial charge in [-0.25, -0.2) is 0 Å². The SMILES string of the molecule is CCC(N)c1ccn(Cc2cccc([N+](=O)[O-])c2C)c1. The molecule has 1 aromatic heterocycles. The third-order valence-electron chi connectivity index (χ3n) is 3.61. The normalized spacial score (nSPS) is 12.3. The molecular formula is C15H19N3O2. The van der Waals surface area contributed by atoms with E-state index in [2.05, 4.69) is 0 Å². The van der Waals surface area contributed by atoms with Crippen LogP contribution in [0.5, 0.6) is 0 Å². The molecular weight excluding hydrogens is 254 g/mol. The molecule has 0 aliphatic rings. The predicted molar refractivity (Wildman–Crippen MR) is 78.6 cm³/mol. The van der Waals surface area contributed by atoms with Crippen LogP contribution in [0.3, 0.4) is 0 Å². The van der Waals surface area contributed by atoms with Crippen LogP contribution in [0.2, 0.25) is 0 Å². The van der Waals surface area contributed by atoms with E-state index in [0.717, 1.165) is 17.5 Å². The molecule has 0 bridgehead atoms. The molecule has 2 rings (SSSR count). The van der Waals surface area contributed by atoms with Crippen LogP contribution in [0.25, 0.3) is 0 Å². The molecule has 0 saturated carbocycles. The van der Waals surface area contributed by atoms with Crippen LogP contribution >= 0.6 is 0 Å². The Morgan fingerprint density at radius 2 is 2.15 bits per heavy atom. The first kappa shape index (κ1) is 14.3. The third kappa shape index (κ3) is 2.88. The fraction of sp³-hybridized carbons (Fsp3) is 0.333. The highest BCUT2D eigenvalue weighted by atomic mass is 16.6. The Morgan fingerprint density at radius 3 is 2.80 bits per heavy atom. The van der Waals surface area contributed by atoms with E-state index in [1.54, 1.807) is 13.0 Å². The van der Waals surface area contributed by atoms with Gasteiger partial charge in [0, 0.05) is 36.6 Å². The summed E-state index contributed by atoms with van der Waals surface area (Å²) in [6.45, 7) is 4.45. The van der Waals surface area contributed by atoms with Gasteiger partial charge in [0.1, 0.15) is 0 Å². The second-order valence-electron chi connectivity index (χ2n) is 4.95. The van der Waals surface area contributed by atoms with Crippen molar-refractivity contribution >= 4 is 5.69 Å². The van der Waals surface area contributed by atoms with E-state index in [4.69, 9.17) is 5.73 Å². The predicted octanol–water partition coefficient (Wildman–Crippen LogP) is 3.16. The van der Waals surface area contributed by atoms with Gasteiger partial charge in [0.15, 0.2) is 0 Å². The molecule has 2 N–H and O–H groups in total. The smallest absolute Gasteiger partial charge is 0.272 e. The fourth-order valence-electron chi connectivity index (χ4n) is 2.25. The lowest BCUT2D eigenvalue weighted by Gasteiger charge is -2.08. The Morgan fingerprint density at radius 1 is 1.40 bits per heavy atom. The lowest BCUT2D eigenvalue weighted by Crippen LogP contribution is -2.07. The van der Waals surface area contributed by atoms with Gasteiger partial charge in [0.25, 0.3) is 5.69 Å². The number of nitro groups is 1. The van der Waals surface area contributed by atoms with E-state index in [0.29, 0.717) is 12.1 Å². The van der Waals surface area contributed by atoms with Gasteiger partial charge in [-0.1, -0.05) is 19.1 Å². The van der Waals surface area contributed by atoms with E-state index in [-0.39, 0.29) is 16.7 Å². The van der Waals surface area contributed by atoms with Gasteiger partial charge >= 0.3 is 0 Å². The summed E-state index contributed by atoms with van der Waals surface area (Å²) in [4.78, 5) is 10.6. The maximum Gasteiger partial charge on any atom is 0.272 e. The first-order chi connectivity index (χ1) is 9.52. The van der Waals surface area contributed by atoms with Crippen LogP contribution in [-0.4, -0.2) is 9.49 Å². The van der Waals surface area contributed by atoms with Crippen LogP contribution in [0, 0.1) is 17.0 Å². The van der Waals surface area contributed by atoms with Gasteiger partial charge in [-0.15, -0.1) is 0 Å². The molecule has 2 aromatic rings. The first-order valence-corrected chi connectivity index (χ1v) is 6.67. The minimum absolute atomic E-state index is 0.0439. The van der Waals surface area contributed by atoms with Crippen molar-refractivity contribution in [2.75, 3.05) is 0 Å². The van der Waals surface area contributed by atoms with Crippen molar-refractivity contribution in [3.8, 4) is 0 Å². The van der Waals surface area contributed by atoms with Crippen LogP contribution in [-0.2, 0) is 6.54 Å². The van der Waals surface area contributed by atoms with Crippen molar-refractivity contribution in [2.24, 2.45) is 5.73 Å². The highest BCUT2D eigenvalue weighted by Gasteiger charge is 2.13. The maximum atomic E-state index is 10.9. The number of nitro benzene ring substituents is 1.